The standard InChI is InChI=1S/C23H16N4O2/c1-15-13-18(29-23-17(14-24)6-4-12-25-23)9-11-19(15)27-22(28)21-10-8-16-5-2-3-7-20(16)26-21/h2-13H,1H3,(H,27,28). The lowest BCUT2D eigenvalue weighted by Gasteiger charge is -2.11. The van der Waals surface area contributed by atoms with E-state index in [2.05, 4.69) is 15.3 Å². The fourth-order valence-electron chi connectivity index (χ4n) is 2.89. The Hall–Kier alpha value is -4.24. The van der Waals surface area contributed by atoms with Crippen LogP contribution in [0.2, 0.25) is 0 Å². The molecule has 4 rings (SSSR count). The van der Waals surface area contributed by atoms with Crippen LogP contribution in [0, 0.1) is 18.3 Å². The van der Waals surface area contributed by atoms with Crippen LogP contribution >= 0.6 is 0 Å². The number of pyridine rings is 2. The van der Waals surface area contributed by atoms with Gasteiger partial charge in [0.15, 0.2) is 0 Å². The molecule has 0 saturated carbocycles. The number of benzene rings is 2. The van der Waals surface area contributed by atoms with Gasteiger partial charge in [0.05, 0.1) is 5.52 Å². The molecule has 1 amide bonds. The van der Waals surface area contributed by atoms with E-state index in [0.717, 1.165) is 16.5 Å². The highest BCUT2D eigenvalue weighted by molar-refractivity contribution is 6.04. The number of aromatic nitrogens is 2. The van der Waals surface area contributed by atoms with E-state index in [0.29, 0.717) is 22.7 Å². The molecule has 6 heteroatoms. The highest BCUT2D eigenvalue weighted by Gasteiger charge is 2.12. The highest BCUT2D eigenvalue weighted by atomic mass is 16.5. The minimum atomic E-state index is -0.288. The van der Waals surface area contributed by atoms with E-state index in [1.54, 1.807) is 42.6 Å². The van der Waals surface area contributed by atoms with Gasteiger partial charge >= 0.3 is 0 Å². The number of carbonyl (C=O) groups is 1. The second-order valence-electron chi connectivity index (χ2n) is 6.39. The summed E-state index contributed by atoms with van der Waals surface area (Å²) in [6.45, 7) is 1.86. The summed E-state index contributed by atoms with van der Waals surface area (Å²) in [7, 11) is 0. The van der Waals surface area contributed by atoms with Crippen molar-refractivity contribution >= 4 is 22.5 Å². The second kappa shape index (κ2) is 7.79. The van der Waals surface area contributed by atoms with Crippen LogP contribution in [0.4, 0.5) is 5.69 Å². The summed E-state index contributed by atoms with van der Waals surface area (Å²) in [5.74, 6) is 0.482. The molecule has 140 valence electrons. The molecule has 6 nitrogen and oxygen atoms in total. The summed E-state index contributed by atoms with van der Waals surface area (Å²) < 4.78 is 5.72. The monoisotopic (exact) mass is 380 g/mol. The molecule has 2 aromatic carbocycles. The van der Waals surface area contributed by atoms with Gasteiger partial charge in [-0.25, -0.2) is 9.97 Å². The molecule has 0 aliphatic carbocycles. The maximum Gasteiger partial charge on any atom is 0.274 e. The molecule has 0 saturated heterocycles. The third-order valence-corrected chi connectivity index (χ3v) is 4.38. The Kier molecular flexibility index (Phi) is 4.87. The van der Waals surface area contributed by atoms with Gasteiger partial charge in [-0.2, -0.15) is 5.26 Å². The molecular formula is C23H16N4O2. The number of nitrogens with zero attached hydrogens (tertiary/aromatic N) is 3. The van der Waals surface area contributed by atoms with Gasteiger partial charge in [-0.3, -0.25) is 4.79 Å². The molecule has 0 aliphatic heterocycles. The maximum atomic E-state index is 12.6. The number of hydrogen-bond acceptors (Lipinski definition) is 5. The zero-order chi connectivity index (χ0) is 20.2. The fraction of sp³-hybridized carbons (Fsp3) is 0.0435. The van der Waals surface area contributed by atoms with Crippen LogP contribution in [0.15, 0.2) is 72.9 Å². The Balaban J connectivity index is 1.53. The molecular weight excluding hydrogens is 364 g/mol. The summed E-state index contributed by atoms with van der Waals surface area (Å²) in [6.07, 6.45) is 1.56. The van der Waals surface area contributed by atoms with Crippen LogP contribution in [0.25, 0.3) is 10.9 Å². The third-order valence-electron chi connectivity index (χ3n) is 4.38. The first-order chi connectivity index (χ1) is 14.1. The minimum absolute atomic E-state index is 0.242. The van der Waals surface area contributed by atoms with Crippen LogP contribution in [0.1, 0.15) is 21.6 Å². The first kappa shape index (κ1) is 18.1. The van der Waals surface area contributed by atoms with Crippen LogP contribution in [0.3, 0.4) is 0 Å². The lowest BCUT2D eigenvalue weighted by atomic mass is 10.1. The third kappa shape index (κ3) is 3.89. The van der Waals surface area contributed by atoms with Crippen molar-refractivity contribution in [3.8, 4) is 17.7 Å². The van der Waals surface area contributed by atoms with Crippen LogP contribution in [0.5, 0.6) is 11.6 Å². The van der Waals surface area contributed by atoms with Gasteiger partial charge in [-0.15, -0.1) is 0 Å². The number of amides is 1. The molecule has 0 unspecified atom stereocenters. The van der Waals surface area contributed by atoms with Gasteiger partial charge in [0.2, 0.25) is 5.88 Å². The number of rotatable bonds is 4. The molecule has 1 N–H and O–H groups in total. The smallest absolute Gasteiger partial charge is 0.274 e. The van der Waals surface area contributed by atoms with E-state index in [1.165, 1.54) is 0 Å². The Labute approximate surface area is 167 Å². The largest absolute Gasteiger partial charge is 0.438 e. The average molecular weight is 380 g/mol. The van der Waals surface area contributed by atoms with E-state index >= 15 is 0 Å². The molecule has 4 aromatic rings. The Morgan fingerprint density at radius 1 is 1.07 bits per heavy atom. The van der Waals surface area contributed by atoms with Crippen molar-refractivity contribution in [1.82, 2.24) is 9.97 Å². The normalized spacial score (nSPS) is 10.3. The number of fused-ring (bicyclic) bond motifs is 1. The zero-order valence-electron chi connectivity index (χ0n) is 15.6. The van der Waals surface area contributed by atoms with E-state index in [9.17, 15) is 4.79 Å². The van der Waals surface area contributed by atoms with Crippen molar-refractivity contribution in [3.05, 3.63) is 89.7 Å². The van der Waals surface area contributed by atoms with Crippen molar-refractivity contribution in [1.29, 1.82) is 5.26 Å². The number of nitrogens with one attached hydrogen (secondary N) is 1. The van der Waals surface area contributed by atoms with Crippen molar-refractivity contribution in [2.45, 2.75) is 6.92 Å². The first-order valence-electron chi connectivity index (χ1n) is 8.95. The SMILES string of the molecule is Cc1cc(Oc2ncccc2C#N)ccc1NC(=O)c1ccc2ccccc2n1. The molecule has 2 heterocycles. The average Bonchev–Trinajstić information content (AvgIpc) is 2.75. The van der Waals surface area contributed by atoms with Gasteiger partial charge in [-0.1, -0.05) is 24.3 Å². The number of anilines is 1. The van der Waals surface area contributed by atoms with Crippen molar-refractivity contribution in [2.75, 3.05) is 5.32 Å². The lowest BCUT2D eigenvalue weighted by Crippen LogP contribution is -2.14. The van der Waals surface area contributed by atoms with Crippen LogP contribution in [-0.4, -0.2) is 15.9 Å². The van der Waals surface area contributed by atoms with Crippen molar-refractivity contribution in [3.63, 3.8) is 0 Å². The van der Waals surface area contributed by atoms with Gasteiger partial charge in [0.1, 0.15) is 23.1 Å². The summed E-state index contributed by atoms with van der Waals surface area (Å²) in [4.78, 5) is 21.1. The maximum absolute atomic E-state index is 12.6. The van der Waals surface area contributed by atoms with Crippen LogP contribution < -0.4 is 10.1 Å². The molecule has 0 atom stereocenters. The van der Waals surface area contributed by atoms with Gasteiger partial charge in [0, 0.05) is 17.3 Å². The van der Waals surface area contributed by atoms with E-state index in [1.807, 2.05) is 43.3 Å². The molecule has 0 bridgehead atoms. The number of hydrogen-bond donors (Lipinski definition) is 1. The summed E-state index contributed by atoms with van der Waals surface area (Å²) in [5.41, 5.74) is 2.93. The molecule has 0 radical (unpaired) electrons. The minimum Gasteiger partial charge on any atom is -0.438 e. The number of nitriles is 1. The fourth-order valence-corrected chi connectivity index (χ4v) is 2.89. The van der Waals surface area contributed by atoms with Crippen LogP contribution in [-0.2, 0) is 0 Å². The second-order valence-corrected chi connectivity index (χ2v) is 6.39. The zero-order valence-corrected chi connectivity index (χ0v) is 15.6. The lowest BCUT2D eigenvalue weighted by molar-refractivity contribution is 0.102. The molecule has 2 aromatic heterocycles. The summed E-state index contributed by atoms with van der Waals surface area (Å²) in [5, 5.41) is 13.0. The van der Waals surface area contributed by atoms with Crippen molar-refractivity contribution < 1.29 is 9.53 Å². The Morgan fingerprint density at radius 2 is 1.93 bits per heavy atom. The number of ether oxygens (including phenoxy) is 1. The summed E-state index contributed by atoms with van der Waals surface area (Å²) in [6, 6.07) is 21.8. The molecule has 0 fully saturated rings. The Bertz CT molecular complexity index is 1260. The van der Waals surface area contributed by atoms with Gasteiger partial charge in [0.25, 0.3) is 5.91 Å². The molecule has 29 heavy (non-hydrogen) atoms. The summed E-state index contributed by atoms with van der Waals surface area (Å²) >= 11 is 0. The van der Waals surface area contributed by atoms with E-state index in [4.69, 9.17) is 10.00 Å². The first-order valence-corrected chi connectivity index (χ1v) is 8.95. The van der Waals surface area contributed by atoms with Gasteiger partial charge in [-0.05, 0) is 55.0 Å². The Morgan fingerprint density at radius 3 is 2.76 bits per heavy atom. The quantitative estimate of drug-likeness (QED) is 0.546. The van der Waals surface area contributed by atoms with Crippen molar-refractivity contribution in [2.24, 2.45) is 0 Å². The molecule has 0 spiro atoms. The van der Waals surface area contributed by atoms with Gasteiger partial charge < -0.3 is 10.1 Å². The number of aryl methyl sites for hydroxylation is 1. The topological polar surface area (TPSA) is 87.9 Å². The number of para-hydroxylation sites is 1. The van der Waals surface area contributed by atoms with E-state index in [-0.39, 0.29) is 11.8 Å². The predicted molar refractivity (Wildman–Crippen MR) is 110 cm³/mol. The number of carbonyl (C=O) groups excluding carboxylic acids is 1. The molecule has 0 aliphatic rings. The van der Waals surface area contributed by atoms with E-state index < -0.39 is 0 Å². The predicted octanol–water partition coefficient (Wildman–Crippen LogP) is 4.85. The highest BCUT2D eigenvalue weighted by Crippen LogP contribution is 2.27.